The summed E-state index contributed by atoms with van der Waals surface area (Å²) < 4.78 is 0. The molecule has 1 aromatic rings. The summed E-state index contributed by atoms with van der Waals surface area (Å²) in [4.78, 5) is 1.46. The second-order valence-electron chi connectivity index (χ2n) is 3.68. The van der Waals surface area contributed by atoms with Crippen LogP contribution >= 0.6 is 34.9 Å². The van der Waals surface area contributed by atoms with E-state index in [9.17, 15) is 0 Å². The van der Waals surface area contributed by atoms with E-state index in [0.29, 0.717) is 6.04 Å². The summed E-state index contributed by atoms with van der Waals surface area (Å²) in [5.74, 6) is 3.91. The highest BCUT2D eigenvalue weighted by Crippen LogP contribution is 2.35. The lowest BCUT2D eigenvalue weighted by Crippen LogP contribution is -2.31. The molecule has 1 saturated heterocycles. The number of hydrogen-bond acceptors (Lipinski definition) is 4. The minimum Gasteiger partial charge on any atom is -0.312 e. The first-order valence-electron chi connectivity index (χ1n) is 5.23. The highest BCUT2D eigenvalue weighted by molar-refractivity contribution is 8.06. The van der Waals surface area contributed by atoms with E-state index in [0.717, 1.165) is 5.25 Å². The van der Waals surface area contributed by atoms with E-state index in [1.807, 2.05) is 11.3 Å². The minimum atomic E-state index is 0.536. The zero-order valence-electron chi connectivity index (χ0n) is 9.16. The maximum Gasteiger partial charge on any atom is 0.0457 e. The average molecular weight is 259 g/mol. The molecule has 15 heavy (non-hydrogen) atoms. The Hall–Kier alpha value is 0.360. The Balaban J connectivity index is 2.12. The highest BCUT2D eigenvalue weighted by atomic mass is 32.2. The molecule has 2 unspecified atom stereocenters. The first-order chi connectivity index (χ1) is 7.33. The molecule has 0 spiro atoms. The predicted octanol–water partition coefficient (Wildman–Crippen LogP) is 3.17. The van der Waals surface area contributed by atoms with Gasteiger partial charge in [0, 0.05) is 33.4 Å². The molecule has 84 valence electrons. The first-order valence-corrected chi connectivity index (χ1v) is 8.32. The Morgan fingerprint density at radius 1 is 1.47 bits per heavy atom. The van der Waals surface area contributed by atoms with Crippen molar-refractivity contribution in [1.82, 2.24) is 5.32 Å². The smallest absolute Gasteiger partial charge is 0.0457 e. The van der Waals surface area contributed by atoms with Crippen molar-refractivity contribution in [3.63, 3.8) is 0 Å². The zero-order valence-corrected chi connectivity index (χ0v) is 11.6. The van der Waals surface area contributed by atoms with Gasteiger partial charge in [0.1, 0.15) is 0 Å². The summed E-state index contributed by atoms with van der Waals surface area (Å²) in [6.07, 6.45) is 0. The third-order valence-electron chi connectivity index (χ3n) is 2.76. The Kier molecular flexibility index (Phi) is 4.43. The summed E-state index contributed by atoms with van der Waals surface area (Å²) in [6.45, 7) is 2.23. The van der Waals surface area contributed by atoms with Gasteiger partial charge in [-0.1, -0.05) is 0 Å². The molecule has 1 fully saturated rings. The topological polar surface area (TPSA) is 12.0 Å². The van der Waals surface area contributed by atoms with Crippen LogP contribution in [0.15, 0.2) is 11.4 Å². The molecule has 0 bridgehead atoms. The lowest BCUT2D eigenvalue weighted by Gasteiger charge is -2.29. The highest BCUT2D eigenvalue weighted by Gasteiger charge is 2.25. The van der Waals surface area contributed by atoms with Gasteiger partial charge in [0.2, 0.25) is 0 Å². The fourth-order valence-corrected chi connectivity index (χ4v) is 5.61. The fourth-order valence-electron chi connectivity index (χ4n) is 1.96. The van der Waals surface area contributed by atoms with Gasteiger partial charge in [-0.25, -0.2) is 0 Å². The van der Waals surface area contributed by atoms with E-state index in [1.54, 1.807) is 0 Å². The third kappa shape index (κ3) is 2.73. The molecule has 4 heteroatoms. The molecule has 0 radical (unpaired) electrons. The van der Waals surface area contributed by atoms with Crippen molar-refractivity contribution in [3.05, 3.63) is 21.9 Å². The number of rotatable bonds is 3. The fraction of sp³-hybridized carbons (Fsp3) is 0.636. The van der Waals surface area contributed by atoms with Crippen LogP contribution in [0.25, 0.3) is 0 Å². The Bertz CT molecular complexity index is 305. The van der Waals surface area contributed by atoms with E-state index in [2.05, 4.69) is 54.3 Å². The number of aryl methyl sites for hydroxylation is 1. The van der Waals surface area contributed by atoms with Gasteiger partial charge in [-0.15, -0.1) is 11.3 Å². The maximum atomic E-state index is 3.49. The molecular formula is C11H17NS3. The molecule has 2 rings (SSSR count). The van der Waals surface area contributed by atoms with Crippen LogP contribution in [0.2, 0.25) is 0 Å². The first kappa shape index (κ1) is 11.8. The van der Waals surface area contributed by atoms with E-state index >= 15 is 0 Å². The van der Waals surface area contributed by atoms with Gasteiger partial charge in [-0.2, -0.15) is 23.5 Å². The SMILES string of the molecule is CNC(c1ccsc1C)C1CSCCS1. The summed E-state index contributed by atoms with van der Waals surface area (Å²) >= 11 is 6.07. The van der Waals surface area contributed by atoms with E-state index < -0.39 is 0 Å². The second-order valence-corrected chi connectivity index (χ2v) is 7.30. The van der Waals surface area contributed by atoms with Crippen LogP contribution in [0.1, 0.15) is 16.5 Å². The van der Waals surface area contributed by atoms with Gasteiger partial charge in [0.05, 0.1) is 0 Å². The summed E-state index contributed by atoms with van der Waals surface area (Å²) in [7, 11) is 2.08. The molecule has 0 amide bonds. The molecule has 1 aromatic heterocycles. The van der Waals surface area contributed by atoms with Crippen LogP contribution in [0.5, 0.6) is 0 Å². The summed E-state index contributed by atoms with van der Waals surface area (Å²) in [5, 5.41) is 6.43. The molecular weight excluding hydrogens is 242 g/mol. The molecule has 1 nitrogen and oxygen atoms in total. The number of nitrogens with one attached hydrogen (secondary N) is 1. The van der Waals surface area contributed by atoms with Crippen molar-refractivity contribution in [2.24, 2.45) is 0 Å². The molecule has 2 heterocycles. The predicted molar refractivity (Wildman–Crippen MR) is 74.4 cm³/mol. The number of thioether (sulfide) groups is 2. The summed E-state index contributed by atoms with van der Waals surface area (Å²) in [6, 6.07) is 2.81. The quantitative estimate of drug-likeness (QED) is 0.895. The van der Waals surface area contributed by atoms with E-state index in [4.69, 9.17) is 0 Å². The van der Waals surface area contributed by atoms with E-state index in [1.165, 1.54) is 27.7 Å². The largest absolute Gasteiger partial charge is 0.312 e. The monoisotopic (exact) mass is 259 g/mol. The van der Waals surface area contributed by atoms with Crippen molar-refractivity contribution in [2.45, 2.75) is 18.2 Å². The van der Waals surface area contributed by atoms with Crippen LogP contribution in [0, 0.1) is 6.92 Å². The van der Waals surface area contributed by atoms with Crippen LogP contribution in [-0.4, -0.2) is 29.6 Å². The van der Waals surface area contributed by atoms with Crippen molar-refractivity contribution in [2.75, 3.05) is 24.3 Å². The molecule has 1 aliphatic heterocycles. The lowest BCUT2D eigenvalue weighted by atomic mass is 10.1. The maximum absolute atomic E-state index is 3.49. The zero-order chi connectivity index (χ0) is 10.7. The van der Waals surface area contributed by atoms with Gasteiger partial charge in [0.15, 0.2) is 0 Å². The van der Waals surface area contributed by atoms with Gasteiger partial charge in [-0.3, -0.25) is 0 Å². The number of thiophene rings is 1. The van der Waals surface area contributed by atoms with E-state index in [-0.39, 0.29) is 0 Å². The average Bonchev–Trinajstić information content (AvgIpc) is 2.68. The van der Waals surface area contributed by atoms with Crippen molar-refractivity contribution >= 4 is 34.9 Å². The molecule has 0 aromatic carbocycles. The molecule has 0 saturated carbocycles. The van der Waals surface area contributed by atoms with Crippen LogP contribution in [0.4, 0.5) is 0 Å². The van der Waals surface area contributed by atoms with Gasteiger partial charge < -0.3 is 5.32 Å². The number of hydrogen-bond donors (Lipinski definition) is 1. The van der Waals surface area contributed by atoms with Gasteiger partial charge in [0.25, 0.3) is 0 Å². The van der Waals surface area contributed by atoms with Gasteiger partial charge in [-0.05, 0) is 31.0 Å². The van der Waals surface area contributed by atoms with Crippen molar-refractivity contribution < 1.29 is 0 Å². The summed E-state index contributed by atoms with van der Waals surface area (Å²) in [5.41, 5.74) is 1.50. The molecule has 0 aliphatic carbocycles. The lowest BCUT2D eigenvalue weighted by molar-refractivity contribution is 0.592. The standard InChI is InChI=1S/C11H17NS3/c1-8-9(3-4-14-8)11(12-2)10-7-13-5-6-15-10/h3-4,10-12H,5-7H2,1-2H3. The van der Waals surface area contributed by atoms with Crippen LogP contribution in [0.3, 0.4) is 0 Å². The Labute approximate surface area is 104 Å². The molecule has 1 aliphatic rings. The van der Waals surface area contributed by atoms with Crippen molar-refractivity contribution in [1.29, 1.82) is 0 Å². The minimum absolute atomic E-state index is 0.536. The van der Waals surface area contributed by atoms with Crippen molar-refractivity contribution in [3.8, 4) is 0 Å². The van der Waals surface area contributed by atoms with Crippen LogP contribution in [-0.2, 0) is 0 Å². The second kappa shape index (κ2) is 5.62. The third-order valence-corrected chi connectivity index (χ3v) is 6.48. The van der Waals surface area contributed by atoms with Crippen LogP contribution < -0.4 is 5.32 Å². The molecule has 1 N–H and O–H groups in total. The van der Waals surface area contributed by atoms with Gasteiger partial charge >= 0.3 is 0 Å². The normalized spacial score (nSPS) is 24.0. The Morgan fingerprint density at radius 3 is 2.87 bits per heavy atom. The Morgan fingerprint density at radius 2 is 2.33 bits per heavy atom. The molecule has 2 atom stereocenters.